The summed E-state index contributed by atoms with van der Waals surface area (Å²) >= 11 is 4.78. The molecule has 3 nitrogen and oxygen atoms in total. The van der Waals surface area contributed by atoms with Gasteiger partial charge in [0.15, 0.2) is 0 Å². The lowest BCUT2D eigenvalue weighted by molar-refractivity contribution is -0.129. The van der Waals surface area contributed by atoms with E-state index in [9.17, 15) is 4.79 Å². The highest BCUT2D eigenvalue weighted by atomic mass is 32.1. The predicted molar refractivity (Wildman–Crippen MR) is 73.8 cm³/mol. The van der Waals surface area contributed by atoms with Crippen molar-refractivity contribution in [2.24, 2.45) is 5.73 Å². The molecule has 0 radical (unpaired) electrons. The quantitative estimate of drug-likeness (QED) is 0.782. The number of aryl methyl sites for hydroxylation is 1. The third-order valence-corrected chi connectivity index (χ3v) is 2.79. The fourth-order valence-corrected chi connectivity index (χ4v) is 1.58. The summed E-state index contributed by atoms with van der Waals surface area (Å²) in [6.07, 6.45) is 1.89. The highest BCUT2D eigenvalue weighted by Gasteiger charge is 2.08. The second kappa shape index (κ2) is 7.01. The van der Waals surface area contributed by atoms with E-state index >= 15 is 0 Å². The highest BCUT2D eigenvalue weighted by Crippen LogP contribution is 2.04. The van der Waals surface area contributed by atoms with E-state index in [-0.39, 0.29) is 5.91 Å². The van der Waals surface area contributed by atoms with Crippen molar-refractivity contribution in [3.63, 3.8) is 0 Å². The normalized spacial score (nSPS) is 9.94. The Kier molecular flexibility index (Phi) is 5.63. The molecule has 0 atom stereocenters. The predicted octanol–water partition coefficient (Wildman–Crippen LogP) is 1.75. The molecule has 0 spiro atoms. The van der Waals surface area contributed by atoms with E-state index in [2.05, 4.69) is 0 Å². The van der Waals surface area contributed by atoms with E-state index in [0.29, 0.717) is 24.4 Å². The van der Waals surface area contributed by atoms with Gasteiger partial charge in [-0.25, -0.2) is 0 Å². The van der Waals surface area contributed by atoms with Gasteiger partial charge in [0.1, 0.15) is 0 Å². The Bertz CT molecular complexity index is 378. The van der Waals surface area contributed by atoms with Crippen molar-refractivity contribution >= 4 is 23.1 Å². The number of nitrogens with zero attached hydrogens (tertiary/aromatic N) is 1. The molecule has 0 aliphatic carbocycles. The van der Waals surface area contributed by atoms with E-state index in [1.54, 1.807) is 11.9 Å². The summed E-state index contributed by atoms with van der Waals surface area (Å²) in [6.45, 7) is 0.600. The van der Waals surface area contributed by atoms with E-state index in [0.717, 1.165) is 6.42 Å². The summed E-state index contributed by atoms with van der Waals surface area (Å²) in [5.74, 6) is 0.130. The van der Waals surface area contributed by atoms with Crippen LogP contribution >= 0.6 is 12.2 Å². The highest BCUT2D eigenvalue weighted by molar-refractivity contribution is 7.80. The number of thiocarbonyl (C=S) groups is 1. The van der Waals surface area contributed by atoms with Crippen LogP contribution in [0.25, 0.3) is 0 Å². The van der Waals surface area contributed by atoms with Crippen LogP contribution in [0.5, 0.6) is 0 Å². The summed E-state index contributed by atoms with van der Waals surface area (Å²) in [5, 5.41) is 0. The molecule has 0 bridgehead atoms. The minimum atomic E-state index is 0.130. The van der Waals surface area contributed by atoms with E-state index < -0.39 is 0 Å². The number of hydrogen-bond acceptors (Lipinski definition) is 2. The fraction of sp³-hybridized carbons (Fsp3) is 0.385. The standard InChI is InChI=1S/C13H18N2OS/c1-15(10-9-12(14)17)13(16)8-7-11-5-3-2-4-6-11/h2-6H,7-10H2,1H3,(H2,14,17). The van der Waals surface area contributed by atoms with Gasteiger partial charge in [0.05, 0.1) is 4.99 Å². The van der Waals surface area contributed by atoms with Gasteiger partial charge in [0.25, 0.3) is 0 Å². The summed E-state index contributed by atoms with van der Waals surface area (Å²) in [5.41, 5.74) is 6.58. The first-order chi connectivity index (χ1) is 8.09. The molecule has 0 heterocycles. The summed E-state index contributed by atoms with van der Waals surface area (Å²) < 4.78 is 0. The van der Waals surface area contributed by atoms with E-state index in [1.165, 1.54) is 5.56 Å². The minimum Gasteiger partial charge on any atom is -0.393 e. The molecule has 1 amide bonds. The molecular formula is C13H18N2OS. The third kappa shape index (κ3) is 5.45. The van der Waals surface area contributed by atoms with Crippen molar-refractivity contribution in [2.75, 3.05) is 13.6 Å². The van der Waals surface area contributed by atoms with E-state index in [1.807, 2.05) is 30.3 Å². The molecule has 4 heteroatoms. The van der Waals surface area contributed by atoms with Crippen molar-refractivity contribution in [1.82, 2.24) is 4.90 Å². The van der Waals surface area contributed by atoms with E-state index in [4.69, 9.17) is 18.0 Å². The van der Waals surface area contributed by atoms with Gasteiger partial charge in [-0.1, -0.05) is 42.5 Å². The Hall–Kier alpha value is -1.42. The number of carbonyl (C=O) groups excluding carboxylic acids is 1. The topological polar surface area (TPSA) is 46.3 Å². The SMILES string of the molecule is CN(CCC(N)=S)C(=O)CCc1ccccc1. The Balaban J connectivity index is 2.32. The van der Waals surface area contributed by atoms with Crippen LogP contribution in [0.1, 0.15) is 18.4 Å². The van der Waals surface area contributed by atoms with Crippen LogP contribution in [0.15, 0.2) is 30.3 Å². The molecule has 1 aromatic carbocycles. The van der Waals surface area contributed by atoms with Crippen LogP contribution in [0, 0.1) is 0 Å². The fourth-order valence-electron chi connectivity index (χ4n) is 1.49. The molecule has 0 aromatic heterocycles. The van der Waals surface area contributed by atoms with Gasteiger partial charge in [-0.3, -0.25) is 4.79 Å². The van der Waals surface area contributed by atoms with Crippen LogP contribution in [0.3, 0.4) is 0 Å². The maximum atomic E-state index is 11.8. The summed E-state index contributed by atoms with van der Waals surface area (Å²) in [6, 6.07) is 10.00. The second-order valence-electron chi connectivity index (χ2n) is 4.02. The van der Waals surface area contributed by atoms with Gasteiger partial charge >= 0.3 is 0 Å². The van der Waals surface area contributed by atoms with Crippen LogP contribution in [0.4, 0.5) is 0 Å². The smallest absolute Gasteiger partial charge is 0.222 e. The zero-order valence-electron chi connectivity index (χ0n) is 10.1. The monoisotopic (exact) mass is 250 g/mol. The molecule has 0 saturated carbocycles. The van der Waals surface area contributed by atoms with Gasteiger partial charge in [0, 0.05) is 26.4 Å². The van der Waals surface area contributed by atoms with Crippen LogP contribution in [-0.2, 0) is 11.2 Å². The Morgan fingerprint density at radius 2 is 1.94 bits per heavy atom. The lowest BCUT2D eigenvalue weighted by Crippen LogP contribution is -2.30. The van der Waals surface area contributed by atoms with Gasteiger partial charge in [-0.15, -0.1) is 0 Å². The molecule has 0 saturated heterocycles. The molecule has 2 N–H and O–H groups in total. The molecule has 0 fully saturated rings. The average Bonchev–Trinajstić information content (AvgIpc) is 2.34. The number of carbonyl (C=O) groups is 1. The molecular weight excluding hydrogens is 232 g/mol. The molecule has 92 valence electrons. The van der Waals surface area contributed by atoms with Gasteiger partial charge in [-0.05, 0) is 12.0 Å². The first kappa shape index (κ1) is 13.6. The second-order valence-corrected chi connectivity index (χ2v) is 4.54. The summed E-state index contributed by atoms with van der Waals surface area (Å²) in [7, 11) is 1.78. The number of rotatable bonds is 6. The van der Waals surface area contributed by atoms with Crippen molar-refractivity contribution in [2.45, 2.75) is 19.3 Å². The molecule has 1 rings (SSSR count). The maximum Gasteiger partial charge on any atom is 0.222 e. The number of amides is 1. The zero-order chi connectivity index (χ0) is 12.7. The Morgan fingerprint density at radius 3 is 2.53 bits per heavy atom. The van der Waals surface area contributed by atoms with Gasteiger partial charge in [0.2, 0.25) is 5.91 Å². The van der Waals surface area contributed by atoms with Gasteiger partial charge < -0.3 is 10.6 Å². The number of benzene rings is 1. The van der Waals surface area contributed by atoms with Crippen molar-refractivity contribution in [1.29, 1.82) is 0 Å². The summed E-state index contributed by atoms with van der Waals surface area (Å²) in [4.78, 5) is 13.9. The average molecular weight is 250 g/mol. The van der Waals surface area contributed by atoms with Gasteiger partial charge in [-0.2, -0.15) is 0 Å². The largest absolute Gasteiger partial charge is 0.393 e. The van der Waals surface area contributed by atoms with Crippen molar-refractivity contribution in [3.8, 4) is 0 Å². The number of nitrogens with two attached hydrogens (primary N) is 1. The lowest BCUT2D eigenvalue weighted by Gasteiger charge is -2.16. The van der Waals surface area contributed by atoms with Crippen LogP contribution in [0.2, 0.25) is 0 Å². The Labute approximate surface area is 108 Å². The lowest BCUT2D eigenvalue weighted by atomic mass is 10.1. The molecule has 0 aliphatic heterocycles. The van der Waals surface area contributed by atoms with Crippen molar-refractivity contribution < 1.29 is 4.79 Å². The number of hydrogen-bond donors (Lipinski definition) is 1. The molecule has 17 heavy (non-hydrogen) atoms. The maximum absolute atomic E-state index is 11.8. The third-order valence-electron chi connectivity index (χ3n) is 2.59. The minimum absolute atomic E-state index is 0.130. The zero-order valence-corrected chi connectivity index (χ0v) is 10.9. The molecule has 0 aliphatic rings. The van der Waals surface area contributed by atoms with Crippen LogP contribution in [-0.4, -0.2) is 29.4 Å². The van der Waals surface area contributed by atoms with Crippen molar-refractivity contribution in [3.05, 3.63) is 35.9 Å². The molecule has 0 unspecified atom stereocenters. The Morgan fingerprint density at radius 1 is 1.29 bits per heavy atom. The molecule has 1 aromatic rings. The first-order valence-electron chi connectivity index (χ1n) is 5.66. The first-order valence-corrected chi connectivity index (χ1v) is 6.06. The van der Waals surface area contributed by atoms with Crippen LogP contribution < -0.4 is 5.73 Å².